The van der Waals surface area contributed by atoms with Gasteiger partial charge in [0.2, 0.25) is 5.95 Å². The summed E-state index contributed by atoms with van der Waals surface area (Å²) < 4.78 is 30.7. The fourth-order valence-electron chi connectivity index (χ4n) is 5.01. The van der Waals surface area contributed by atoms with Crippen LogP contribution in [0.25, 0.3) is 16.8 Å². The van der Waals surface area contributed by atoms with Crippen LogP contribution in [0.1, 0.15) is 43.7 Å². The van der Waals surface area contributed by atoms with Crippen molar-refractivity contribution in [2.75, 3.05) is 5.32 Å². The molecule has 1 aliphatic rings. The lowest BCUT2D eigenvalue weighted by Gasteiger charge is -2.37. The number of fused-ring (bicyclic) bond motifs is 1. The Morgan fingerprint density at radius 1 is 1.06 bits per heavy atom. The van der Waals surface area contributed by atoms with Gasteiger partial charge in [-0.25, -0.2) is 13.8 Å². The summed E-state index contributed by atoms with van der Waals surface area (Å²) in [6, 6.07) is 8.11. The molecule has 0 spiro atoms. The highest BCUT2D eigenvalue weighted by Gasteiger charge is 2.32. The quantitative estimate of drug-likeness (QED) is 0.413. The third-order valence-corrected chi connectivity index (χ3v) is 7.15. The Kier molecular flexibility index (Phi) is 5.77. The molecule has 0 bridgehead atoms. The van der Waals surface area contributed by atoms with Gasteiger partial charge in [-0.1, -0.05) is 13.8 Å². The summed E-state index contributed by atoms with van der Waals surface area (Å²) in [4.78, 5) is 8.76. The number of imidazole rings is 1. The smallest absolute Gasteiger partial charge is 0.229 e. The Labute approximate surface area is 197 Å². The van der Waals surface area contributed by atoms with Gasteiger partial charge >= 0.3 is 0 Å². The van der Waals surface area contributed by atoms with Gasteiger partial charge in [0.25, 0.3) is 0 Å². The van der Waals surface area contributed by atoms with Gasteiger partial charge in [0, 0.05) is 12.2 Å². The van der Waals surface area contributed by atoms with Crippen LogP contribution in [-0.2, 0) is 0 Å². The number of nitrogens with one attached hydrogen (secondary N) is 1. The maximum absolute atomic E-state index is 14.6. The van der Waals surface area contributed by atoms with Crippen LogP contribution >= 0.6 is 0 Å². The topological polar surface area (TPSA) is 81.1 Å². The van der Waals surface area contributed by atoms with Gasteiger partial charge in [0.1, 0.15) is 11.6 Å². The molecule has 3 heterocycles. The van der Waals surface area contributed by atoms with Crippen molar-refractivity contribution in [1.29, 1.82) is 0 Å². The molecule has 1 aromatic carbocycles. The SMILES string of the molecule is Cc1cc(F)c(-c2ccc3cnc(Nc4cnccc4C4CC(C)C(C)C(N)C4)n3n2)c(F)c1. The zero-order valence-electron chi connectivity index (χ0n) is 19.5. The summed E-state index contributed by atoms with van der Waals surface area (Å²) in [6.07, 6.45) is 7.17. The number of anilines is 2. The van der Waals surface area contributed by atoms with E-state index >= 15 is 0 Å². The summed E-state index contributed by atoms with van der Waals surface area (Å²) >= 11 is 0. The van der Waals surface area contributed by atoms with Crippen molar-refractivity contribution in [2.45, 2.75) is 45.6 Å². The maximum Gasteiger partial charge on any atom is 0.229 e. The molecule has 1 aliphatic carbocycles. The molecule has 4 aromatic rings. The van der Waals surface area contributed by atoms with E-state index in [0.29, 0.717) is 34.8 Å². The van der Waals surface area contributed by atoms with Gasteiger partial charge in [0.05, 0.1) is 34.9 Å². The highest BCUT2D eigenvalue weighted by atomic mass is 19.1. The largest absolute Gasteiger partial charge is 0.327 e. The molecule has 8 heteroatoms. The predicted octanol–water partition coefficient (Wildman–Crippen LogP) is 5.60. The van der Waals surface area contributed by atoms with Crippen LogP contribution in [0.15, 0.2) is 48.9 Å². The van der Waals surface area contributed by atoms with Crippen molar-refractivity contribution in [3.8, 4) is 11.3 Å². The molecular weight excluding hydrogens is 434 g/mol. The van der Waals surface area contributed by atoms with Crippen molar-refractivity contribution < 1.29 is 8.78 Å². The summed E-state index contributed by atoms with van der Waals surface area (Å²) in [7, 11) is 0. The number of aryl methyl sites for hydroxylation is 1. The molecule has 4 unspecified atom stereocenters. The molecular formula is C26H28F2N6. The summed E-state index contributed by atoms with van der Waals surface area (Å²) in [6.45, 7) is 6.12. The van der Waals surface area contributed by atoms with Gasteiger partial charge < -0.3 is 11.1 Å². The number of nitrogens with two attached hydrogens (primary N) is 1. The molecule has 3 aromatic heterocycles. The van der Waals surface area contributed by atoms with Crippen molar-refractivity contribution in [3.05, 3.63) is 71.7 Å². The minimum atomic E-state index is -0.648. The fourth-order valence-corrected chi connectivity index (χ4v) is 5.01. The van der Waals surface area contributed by atoms with E-state index in [1.165, 1.54) is 12.1 Å². The molecule has 0 amide bonds. The highest BCUT2D eigenvalue weighted by Crippen LogP contribution is 2.41. The van der Waals surface area contributed by atoms with Gasteiger partial charge in [0.15, 0.2) is 0 Å². The van der Waals surface area contributed by atoms with Gasteiger partial charge in [-0.15, -0.1) is 0 Å². The van der Waals surface area contributed by atoms with Crippen molar-refractivity contribution >= 4 is 17.2 Å². The zero-order valence-corrected chi connectivity index (χ0v) is 19.5. The van der Waals surface area contributed by atoms with Crippen LogP contribution in [-0.4, -0.2) is 25.6 Å². The lowest BCUT2D eigenvalue weighted by Crippen LogP contribution is -2.39. The van der Waals surface area contributed by atoms with E-state index in [1.807, 2.05) is 6.07 Å². The first-order valence-corrected chi connectivity index (χ1v) is 11.6. The molecule has 3 N–H and O–H groups in total. The third-order valence-electron chi connectivity index (χ3n) is 7.15. The number of hydrogen-bond donors (Lipinski definition) is 2. The summed E-state index contributed by atoms with van der Waals surface area (Å²) in [5, 5.41) is 7.85. The van der Waals surface area contributed by atoms with Crippen LogP contribution in [0.3, 0.4) is 0 Å². The fraction of sp³-hybridized carbons (Fsp3) is 0.346. The Morgan fingerprint density at radius 3 is 2.56 bits per heavy atom. The van der Waals surface area contributed by atoms with Gasteiger partial charge in [-0.2, -0.15) is 9.61 Å². The van der Waals surface area contributed by atoms with E-state index in [9.17, 15) is 8.78 Å². The van der Waals surface area contributed by atoms with E-state index < -0.39 is 11.6 Å². The second-order valence-corrected chi connectivity index (χ2v) is 9.50. The van der Waals surface area contributed by atoms with Crippen LogP contribution in [0.5, 0.6) is 0 Å². The summed E-state index contributed by atoms with van der Waals surface area (Å²) in [5.41, 5.74) is 9.65. The molecule has 4 atom stereocenters. The van der Waals surface area contributed by atoms with Crippen LogP contribution in [0, 0.1) is 30.4 Å². The predicted molar refractivity (Wildman–Crippen MR) is 129 cm³/mol. The zero-order chi connectivity index (χ0) is 24.0. The minimum Gasteiger partial charge on any atom is -0.327 e. The molecule has 1 fully saturated rings. The monoisotopic (exact) mass is 462 g/mol. The van der Waals surface area contributed by atoms with Crippen LogP contribution in [0.2, 0.25) is 0 Å². The van der Waals surface area contributed by atoms with Crippen molar-refractivity contribution in [3.63, 3.8) is 0 Å². The standard InChI is InChI=1S/C26H28F2N6/c1-14-8-20(27)25(21(28)9-14)23-5-4-18-12-31-26(34(18)33-23)32-24-13-30-7-6-19(24)17-10-15(2)16(3)22(29)11-17/h4-9,12-13,15-17,22H,10-11,29H2,1-3H3,(H,31,32). The van der Waals surface area contributed by atoms with Crippen LogP contribution in [0.4, 0.5) is 20.4 Å². The average Bonchev–Trinajstić information content (AvgIpc) is 3.19. The lowest BCUT2D eigenvalue weighted by molar-refractivity contribution is 0.216. The number of benzene rings is 1. The molecule has 0 aliphatic heterocycles. The Balaban J connectivity index is 1.51. The van der Waals surface area contributed by atoms with E-state index in [1.54, 1.807) is 42.2 Å². The first kappa shape index (κ1) is 22.4. The second-order valence-electron chi connectivity index (χ2n) is 9.50. The number of halogens is 2. The Bertz CT molecular complexity index is 1320. The number of hydrogen-bond acceptors (Lipinski definition) is 5. The molecule has 176 valence electrons. The van der Waals surface area contributed by atoms with Crippen molar-refractivity contribution in [1.82, 2.24) is 19.6 Å². The van der Waals surface area contributed by atoms with Crippen molar-refractivity contribution in [2.24, 2.45) is 17.6 Å². The first-order chi connectivity index (χ1) is 16.3. The molecule has 34 heavy (non-hydrogen) atoms. The Hall–Kier alpha value is -3.39. The Morgan fingerprint density at radius 2 is 1.82 bits per heavy atom. The maximum atomic E-state index is 14.6. The third kappa shape index (κ3) is 4.03. The number of nitrogens with zero attached hydrogens (tertiary/aromatic N) is 4. The number of pyridine rings is 1. The molecule has 5 rings (SSSR count). The number of rotatable bonds is 4. The first-order valence-electron chi connectivity index (χ1n) is 11.6. The molecule has 1 saturated carbocycles. The second kappa shape index (κ2) is 8.76. The van der Waals surface area contributed by atoms with Gasteiger partial charge in [-0.3, -0.25) is 4.98 Å². The van der Waals surface area contributed by atoms with Gasteiger partial charge in [-0.05, 0) is 79.0 Å². The number of aromatic nitrogens is 4. The molecule has 0 saturated heterocycles. The minimum absolute atomic E-state index is 0.144. The highest BCUT2D eigenvalue weighted by molar-refractivity contribution is 5.66. The van der Waals surface area contributed by atoms with E-state index in [-0.39, 0.29) is 17.3 Å². The van der Waals surface area contributed by atoms with Crippen LogP contribution < -0.4 is 11.1 Å². The average molecular weight is 463 g/mol. The molecule has 6 nitrogen and oxygen atoms in total. The normalized spacial score (nSPS) is 22.8. The lowest BCUT2D eigenvalue weighted by atomic mass is 9.71. The van der Waals surface area contributed by atoms with E-state index in [2.05, 4.69) is 34.2 Å². The molecule has 0 radical (unpaired) electrons. The summed E-state index contributed by atoms with van der Waals surface area (Å²) in [5.74, 6) is 0.454. The van der Waals surface area contributed by atoms with E-state index in [0.717, 1.165) is 24.1 Å². The van der Waals surface area contributed by atoms with E-state index in [4.69, 9.17) is 5.73 Å².